The summed E-state index contributed by atoms with van der Waals surface area (Å²) in [6, 6.07) is 3.56. The van der Waals surface area contributed by atoms with E-state index < -0.39 is 0 Å². The second kappa shape index (κ2) is 7.39. The Morgan fingerprint density at radius 3 is 2.50 bits per heavy atom. The second-order valence-corrected chi connectivity index (χ2v) is 6.26. The average Bonchev–Trinajstić information content (AvgIpc) is 3.36. The van der Waals surface area contributed by atoms with E-state index in [1.807, 2.05) is 4.57 Å². The molecule has 3 aromatic rings. The van der Waals surface area contributed by atoms with E-state index in [9.17, 15) is 0 Å². The summed E-state index contributed by atoms with van der Waals surface area (Å²) < 4.78 is 23.8. The molecule has 0 spiro atoms. The Morgan fingerprint density at radius 2 is 1.89 bits per heavy atom. The molecule has 0 bridgehead atoms. The number of methoxy groups -OCH3 is 3. The van der Waals surface area contributed by atoms with Gasteiger partial charge in [-0.2, -0.15) is 9.97 Å². The van der Waals surface area contributed by atoms with Gasteiger partial charge >= 0.3 is 0 Å². The molecule has 10 heteroatoms. The topological polar surface area (TPSA) is 119 Å². The van der Waals surface area contributed by atoms with E-state index in [1.54, 1.807) is 39.8 Å². The molecular formula is C18H22N6O4. The molecular weight excluding hydrogens is 364 g/mol. The van der Waals surface area contributed by atoms with Crippen molar-refractivity contribution in [3.8, 4) is 17.2 Å². The maximum atomic E-state index is 5.95. The van der Waals surface area contributed by atoms with Gasteiger partial charge in [0, 0.05) is 24.4 Å². The lowest BCUT2D eigenvalue weighted by atomic mass is 10.2. The fraction of sp³-hybridized carbons (Fsp3) is 0.389. The Morgan fingerprint density at radius 1 is 1.14 bits per heavy atom. The van der Waals surface area contributed by atoms with E-state index in [-0.39, 0.29) is 12.2 Å². The molecule has 4 rings (SSSR count). The normalized spacial score (nSPS) is 16.3. The first-order chi connectivity index (χ1) is 13.6. The number of benzene rings is 1. The molecule has 0 radical (unpaired) electrons. The number of rotatable bonds is 6. The summed E-state index contributed by atoms with van der Waals surface area (Å²) >= 11 is 0. The lowest BCUT2D eigenvalue weighted by Gasteiger charge is -2.15. The van der Waals surface area contributed by atoms with Crippen molar-refractivity contribution < 1.29 is 18.9 Å². The molecule has 1 fully saturated rings. The van der Waals surface area contributed by atoms with Crippen molar-refractivity contribution in [2.75, 3.05) is 39.0 Å². The van der Waals surface area contributed by atoms with Crippen molar-refractivity contribution in [2.24, 2.45) is 0 Å². The van der Waals surface area contributed by atoms with Crippen LogP contribution in [0.4, 0.5) is 17.5 Å². The molecule has 1 atom stereocenters. The molecule has 1 aliphatic heterocycles. The van der Waals surface area contributed by atoms with Gasteiger partial charge in [-0.3, -0.25) is 4.57 Å². The lowest BCUT2D eigenvalue weighted by Crippen LogP contribution is -2.08. The van der Waals surface area contributed by atoms with Crippen molar-refractivity contribution in [3.05, 3.63) is 18.5 Å². The summed E-state index contributed by atoms with van der Waals surface area (Å²) in [5.74, 6) is 2.17. The van der Waals surface area contributed by atoms with Crippen molar-refractivity contribution in [1.29, 1.82) is 0 Å². The van der Waals surface area contributed by atoms with Crippen molar-refractivity contribution in [2.45, 2.75) is 19.1 Å². The van der Waals surface area contributed by atoms with Crippen LogP contribution in [0, 0.1) is 0 Å². The van der Waals surface area contributed by atoms with E-state index in [0.29, 0.717) is 39.9 Å². The van der Waals surface area contributed by atoms with Crippen molar-refractivity contribution in [3.63, 3.8) is 0 Å². The maximum Gasteiger partial charge on any atom is 0.224 e. The smallest absolute Gasteiger partial charge is 0.224 e. The second-order valence-electron chi connectivity index (χ2n) is 6.26. The third-order valence-electron chi connectivity index (χ3n) is 4.58. The van der Waals surface area contributed by atoms with Crippen molar-refractivity contribution >= 4 is 28.6 Å². The fourth-order valence-electron chi connectivity index (χ4n) is 3.30. The van der Waals surface area contributed by atoms with Gasteiger partial charge in [0.15, 0.2) is 28.5 Å². The lowest BCUT2D eigenvalue weighted by molar-refractivity contribution is 0.0593. The predicted octanol–water partition coefficient (Wildman–Crippen LogP) is 2.49. The van der Waals surface area contributed by atoms with Crippen molar-refractivity contribution in [1.82, 2.24) is 19.5 Å². The molecule has 148 valence electrons. The Bertz CT molecular complexity index is 974. The van der Waals surface area contributed by atoms with Crippen LogP contribution in [0.25, 0.3) is 11.2 Å². The number of hydrogen-bond donors (Lipinski definition) is 2. The molecule has 1 saturated heterocycles. The van der Waals surface area contributed by atoms with Crippen LogP contribution >= 0.6 is 0 Å². The van der Waals surface area contributed by atoms with Gasteiger partial charge in [0.25, 0.3) is 0 Å². The van der Waals surface area contributed by atoms with Crippen LogP contribution in [0.3, 0.4) is 0 Å². The summed E-state index contributed by atoms with van der Waals surface area (Å²) in [4.78, 5) is 13.1. The van der Waals surface area contributed by atoms with Gasteiger partial charge < -0.3 is 30.0 Å². The summed E-state index contributed by atoms with van der Waals surface area (Å²) in [7, 11) is 4.68. The number of imidazole rings is 1. The SMILES string of the molecule is COc1cc(Nc2nc(N)nc3c2ncn3C2CCCO2)cc(OC)c1OC. The third-order valence-corrected chi connectivity index (χ3v) is 4.58. The predicted molar refractivity (Wildman–Crippen MR) is 103 cm³/mol. The van der Waals surface area contributed by atoms with E-state index in [0.717, 1.165) is 19.4 Å². The number of ether oxygens (including phenoxy) is 4. The van der Waals surface area contributed by atoms with E-state index in [1.165, 1.54) is 0 Å². The van der Waals surface area contributed by atoms with E-state index in [2.05, 4.69) is 20.3 Å². The highest BCUT2D eigenvalue weighted by atomic mass is 16.5. The number of anilines is 3. The van der Waals surface area contributed by atoms with Gasteiger partial charge in [-0.25, -0.2) is 4.98 Å². The number of nitrogens with zero attached hydrogens (tertiary/aromatic N) is 4. The maximum absolute atomic E-state index is 5.95. The summed E-state index contributed by atoms with van der Waals surface area (Å²) in [6.07, 6.45) is 3.52. The number of nitrogens with one attached hydrogen (secondary N) is 1. The molecule has 0 aliphatic carbocycles. The molecule has 1 aromatic carbocycles. The average molecular weight is 386 g/mol. The monoisotopic (exact) mass is 386 g/mol. The molecule has 3 N–H and O–H groups in total. The minimum absolute atomic E-state index is 0.0895. The molecule has 28 heavy (non-hydrogen) atoms. The van der Waals surface area contributed by atoms with Gasteiger partial charge in [0.1, 0.15) is 6.23 Å². The quantitative estimate of drug-likeness (QED) is 0.658. The number of nitrogen functional groups attached to an aromatic ring is 1. The number of fused-ring (bicyclic) bond motifs is 1. The van der Waals surface area contributed by atoms with Gasteiger partial charge in [-0.15, -0.1) is 0 Å². The molecule has 0 saturated carbocycles. The Labute approximate surface area is 161 Å². The largest absolute Gasteiger partial charge is 0.493 e. The summed E-state index contributed by atoms with van der Waals surface area (Å²) in [5.41, 5.74) is 7.85. The molecule has 3 heterocycles. The zero-order valence-electron chi connectivity index (χ0n) is 15.9. The van der Waals surface area contributed by atoms with E-state index in [4.69, 9.17) is 24.7 Å². The molecule has 1 unspecified atom stereocenters. The Kier molecular flexibility index (Phi) is 4.78. The van der Waals surface area contributed by atoms with Crippen LogP contribution in [-0.4, -0.2) is 47.5 Å². The Hall–Kier alpha value is -3.27. The third kappa shape index (κ3) is 3.11. The molecule has 10 nitrogen and oxygen atoms in total. The van der Waals surface area contributed by atoms with Crippen LogP contribution in [0.1, 0.15) is 19.1 Å². The van der Waals surface area contributed by atoms with Gasteiger partial charge in [-0.05, 0) is 12.8 Å². The minimum atomic E-state index is -0.0895. The Balaban J connectivity index is 1.76. The zero-order chi connectivity index (χ0) is 19.7. The first kappa shape index (κ1) is 18.1. The van der Waals surface area contributed by atoms with Crippen LogP contribution in [0.5, 0.6) is 17.2 Å². The highest BCUT2D eigenvalue weighted by molar-refractivity contribution is 5.87. The zero-order valence-corrected chi connectivity index (χ0v) is 15.9. The number of aromatic nitrogens is 4. The number of hydrogen-bond acceptors (Lipinski definition) is 9. The molecule has 1 aliphatic rings. The van der Waals surface area contributed by atoms with Gasteiger partial charge in [0.05, 0.1) is 27.7 Å². The van der Waals surface area contributed by atoms with Crippen LogP contribution in [0.2, 0.25) is 0 Å². The summed E-state index contributed by atoms with van der Waals surface area (Å²) in [6.45, 7) is 0.724. The summed E-state index contributed by atoms with van der Waals surface area (Å²) in [5, 5.41) is 3.23. The molecule has 0 amide bonds. The number of nitrogens with two attached hydrogens (primary N) is 1. The van der Waals surface area contributed by atoms with Gasteiger partial charge in [0.2, 0.25) is 11.7 Å². The van der Waals surface area contributed by atoms with Gasteiger partial charge in [-0.1, -0.05) is 0 Å². The first-order valence-electron chi connectivity index (χ1n) is 8.83. The van der Waals surface area contributed by atoms with Crippen LogP contribution in [0.15, 0.2) is 18.5 Å². The van der Waals surface area contributed by atoms with Crippen LogP contribution < -0.4 is 25.3 Å². The standard InChI is InChI=1S/C18H22N6O4/c1-25-11-7-10(8-12(26-2)15(11)27-3)21-16-14-17(23-18(19)22-16)24(9-20-14)13-5-4-6-28-13/h7-9,13H,4-6H2,1-3H3,(H3,19,21,22,23). The highest BCUT2D eigenvalue weighted by Gasteiger charge is 2.22. The van der Waals surface area contributed by atoms with Crippen LogP contribution in [-0.2, 0) is 4.74 Å². The first-order valence-corrected chi connectivity index (χ1v) is 8.83. The fourth-order valence-corrected chi connectivity index (χ4v) is 3.30. The molecule has 2 aromatic heterocycles. The minimum Gasteiger partial charge on any atom is -0.493 e. The van der Waals surface area contributed by atoms with E-state index >= 15 is 0 Å². The highest BCUT2D eigenvalue weighted by Crippen LogP contribution is 2.41.